The molecule has 0 saturated carbocycles. The minimum absolute atomic E-state index is 0.113. The van der Waals surface area contributed by atoms with Gasteiger partial charge in [-0.3, -0.25) is 4.79 Å². The Kier molecular flexibility index (Phi) is 3.23. The first kappa shape index (κ1) is 13.8. The fraction of sp³-hybridized carbons (Fsp3) is 0.158. The summed E-state index contributed by atoms with van der Waals surface area (Å²) in [6.07, 6.45) is 5.57. The molecular weight excluding hydrogens is 286 g/mol. The van der Waals surface area contributed by atoms with Crippen LogP contribution in [0.5, 0.6) is 0 Å². The van der Waals surface area contributed by atoms with E-state index in [-0.39, 0.29) is 5.91 Å². The molecule has 4 rings (SSSR count). The number of imidazole rings is 1. The normalized spacial score (nSPS) is 13.4. The van der Waals surface area contributed by atoms with E-state index in [9.17, 15) is 4.79 Å². The van der Waals surface area contributed by atoms with Crippen LogP contribution in [-0.2, 0) is 13.1 Å². The van der Waals surface area contributed by atoms with Crippen LogP contribution < -0.4 is 0 Å². The van der Waals surface area contributed by atoms with Gasteiger partial charge in [0.2, 0.25) is 0 Å². The van der Waals surface area contributed by atoms with E-state index in [0.717, 1.165) is 23.2 Å². The fourth-order valence-corrected chi connectivity index (χ4v) is 3.04. The van der Waals surface area contributed by atoms with Crippen molar-refractivity contribution in [1.29, 1.82) is 0 Å². The van der Waals surface area contributed by atoms with Gasteiger partial charge in [0.15, 0.2) is 0 Å². The van der Waals surface area contributed by atoms with Crippen LogP contribution >= 0.6 is 0 Å². The zero-order valence-corrected chi connectivity index (χ0v) is 12.9. The number of hydrogen-bond donors (Lipinski definition) is 0. The Labute approximate surface area is 135 Å². The number of carbonyl (C=O) groups excluding carboxylic acids is 1. The van der Waals surface area contributed by atoms with Gasteiger partial charge in [-0.05, 0) is 34.4 Å². The summed E-state index contributed by atoms with van der Waals surface area (Å²) in [5.74, 6) is 0.113. The number of hydrogen-bond acceptors (Lipinski definition) is 2. The lowest BCUT2D eigenvalue weighted by molar-refractivity contribution is 0.0816. The number of fused-ring (bicyclic) bond motifs is 1. The van der Waals surface area contributed by atoms with Crippen molar-refractivity contribution in [2.45, 2.75) is 13.1 Å². The predicted octanol–water partition coefficient (Wildman–Crippen LogP) is 3.18. The molecule has 1 aromatic heterocycles. The van der Waals surface area contributed by atoms with Gasteiger partial charge in [0.1, 0.15) is 0 Å². The van der Waals surface area contributed by atoms with E-state index in [1.165, 1.54) is 11.1 Å². The third-order valence-corrected chi connectivity index (χ3v) is 4.30. The van der Waals surface area contributed by atoms with Crippen LogP contribution in [0.3, 0.4) is 0 Å². The van der Waals surface area contributed by atoms with Crippen LogP contribution in [0.2, 0.25) is 0 Å². The summed E-state index contributed by atoms with van der Waals surface area (Å²) in [5, 5.41) is 0. The Morgan fingerprint density at radius 2 is 1.87 bits per heavy atom. The Morgan fingerprint density at radius 1 is 1.09 bits per heavy atom. The number of amides is 1. The first-order valence-corrected chi connectivity index (χ1v) is 7.64. The molecule has 0 unspecified atom stereocenters. The van der Waals surface area contributed by atoms with Crippen molar-refractivity contribution in [2.24, 2.45) is 0 Å². The van der Waals surface area contributed by atoms with Crippen LogP contribution in [0.1, 0.15) is 21.5 Å². The quantitative estimate of drug-likeness (QED) is 0.745. The SMILES string of the molecule is CN1Cc2cc(-c3ccc(Cn4ccnc4)cc3)ccc2C1=O. The van der Waals surface area contributed by atoms with Crippen molar-refractivity contribution in [2.75, 3.05) is 7.05 Å². The predicted molar refractivity (Wildman–Crippen MR) is 89.0 cm³/mol. The van der Waals surface area contributed by atoms with Crippen LogP contribution in [-0.4, -0.2) is 27.4 Å². The van der Waals surface area contributed by atoms with Crippen LogP contribution in [0.15, 0.2) is 61.2 Å². The zero-order chi connectivity index (χ0) is 15.8. The van der Waals surface area contributed by atoms with E-state index in [2.05, 4.69) is 35.3 Å². The fourth-order valence-electron chi connectivity index (χ4n) is 3.04. The van der Waals surface area contributed by atoms with Crippen molar-refractivity contribution < 1.29 is 4.79 Å². The Morgan fingerprint density at radius 3 is 2.61 bits per heavy atom. The third-order valence-electron chi connectivity index (χ3n) is 4.30. The highest BCUT2D eigenvalue weighted by Gasteiger charge is 2.24. The molecular formula is C19H17N3O. The summed E-state index contributed by atoms with van der Waals surface area (Å²) in [6.45, 7) is 1.52. The Bertz CT molecular complexity index is 851. The molecule has 4 heteroatoms. The highest BCUT2D eigenvalue weighted by Crippen LogP contribution is 2.28. The van der Waals surface area contributed by atoms with Crippen LogP contribution in [0, 0.1) is 0 Å². The largest absolute Gasteiger partial charge is 0.337 e. The van der Waals surface area contributed by atoms with Gasteiger partial charge in [0, 0.05) is 38.1 Å². The molecule has 0 bridgehead atoms. The first-order chi connectivity index (χ1) is 11.2. The van der Waals surface area contributed by atoms with Gasteiger partial charge < -0.3 is 9.47 Å². The number of aromatic nitrogens is 2. The number of benzene rings is 2. The highest BCUT2D eigenvalue weighted by atomic mass is 16.2. The summed E-state index contributed by atoms with van der Waals surface area (Å²) in [6, 6.07) is 14.6. The molecule has 0 aliphatic carbocycles. The van der Waals surface area contributed by atoms with Gasteiger partial charge in [-0.1, -0.05) is 30.3 Å². The minimum atomic E-state index is 0.113. The highest BCUT2D eigenvalue weighted by molar-refractivity contribution is 5.98. The second-order valence-electron chi connectivity index (χ2n) is 5.97. The molecule has 4 nitrogen and oxygen atoms in total. The van der Waals surface area contributed by atoms with Crippen molar-refractivity contribution >= 4 is 5.91 Å². The van der Waals surface area contributed by atoms with Crippen LogP contribution in [0.25, 0.3) is 11.1 Å². The lowest BCUT2D eigenvalue weighted by Gasteiger charge is -2.07. The standard InChI is InChI=1S/C19H17N3O/c1-21-12-17-10-16(6-7-18(17)19(21)23)15-4-2-14(3-5-15)11-22-9-8-20-13-22/h2-10,13H,11-12H2,1H3. The minimum Gasteiger partial charge on any atom is -0.337 e. The van der Waals surface area contributed by atoms with Gasteiger partial charge in [0.25, 0.3) is 5.91 Å². The summed E-state index contributed by atoms with van der Waals surface area (Å²) < 4.78 is 2.05. The third kappa shape index (κ3) is 2.52. The first-order valence-electron chi connectivity index (χ1n) is 7.64. The smallest absolute Gasteiger partial charge is 0.254 e. The molecule has 0 N–H and O–H groups in total. The van der Waals surface area contributed by atoms with Crippen molar-refractivity contribution in [3.05, 3.63) is 77.9 Å². The van der Waals surface area contributed by atoms with Gasteiger partial charge in [-0.15, -0.1) is 0 Å². The molecule has 0 atom stereocenters. The molecule has 1 amide bonds. The number of carbonyl (C=O) groups is 1. The maximum Gasteiger partial charge on any atom is 0.254 e. The molecule has 3 aromatic rings. The van der Waals surface area contributed by atoms with Crippen LogP contribution in [0.4, 0.5) is 0 Å². The molecule has 0 saturated heterocycles. The molecule has 2 aromatic carbocycles. The zero-order valence-electron chi connectivity index (χ0n) is 12.9. The second-order valence-corrected chi connectivity index (χ2v) is 5.97. The van der Waals surface area contributed by atoms with Gasteiger partial charge in [0.05, 0.1) is 6.33 Å². The molecule has 114 valence electrons. The topological polar surface area (TPSA) is 38.1 Å². The number of nitrogens with zero attached hydrogens (tertiary/aromatic N) is 3. The summed E-state index contributed by atoms with van der Waals surface area (Å²) in [4.78, 5) is 17.8. The molecule has 0 spiro atoms. The summed E-state index contributed by atoms with van der Waals surface area (Å²) in [7, 11) is 1.84. The molecule has 1 aliphatic heterocycles. The van der Waals surface area contributed by atoms with E-state index >= 15 is 0 Å². The Hall–Kier alpha value is -2.88. The maximum absolute atomic E-state index is 12.0. The average molecular weight is 303 g/mol. The Balaban J connectivity index is 1.59. The monoisotopic (exact) mass is 303 g/mol. The van der Waals surface area contributed by atoms with Gasteiger partial charge in [-0.25, -0.2) is 4.98 Å². The molecule has 23 heavy (non-hydrogen) atoms. The van der Waals surface area contributed by atoms with Gasteiger partial charge >= 0.3 is 0 Å². The molecule has 2 heterocycles. The average Bonchev–Trinajstić information content (AvgIpc) is 3.17. The summed E-state index contributed by atoms with van der Waals surface area (Å²) >= 11 is 0. The summed E-state index contributed by atoms with van der Waals surface area (Å²) in [5.41, 5.74) is 5.50. The van der Waals surface area contributed by atoms with E-state index in [1.54, 1.807) is 11.1 Å². The molecule has 0 fully saturated rings. The molecule has 0 radical (unpaired) electrons. The van der Waals surface area contributed by atoms with Crippen molar-refractivity contribution in [3.63, 3.8) is 0 Å². The van der Waals surface area contributed by atoms with Gasteiger partial charge in [-0.2, -0.15) is 0 Å². The number of rotatable bonds is 3. The van der Waals surface area contributed by atoms with Crippen molar-refractivity contribution in [3.8, 4) is 11.1 Å². The van der Waals surface area contributed by atoms with E-state index in [4.69, 9.17) is 0 Å². The van der Waals surface area contributed by atoms with E-state index < -0.39 is 0 Å². The van der Waals surface area contributed by atoms with Crippen molar-refractivity contribution in [1.82, 2.24) is 14.5 Å². The maximum atomic E-state index is 12.0. The second kappa shape index (κ2) is 5.39. The van der Waals surface area contributed by atoms with E-state index in [1.807, 2.05) is 36.3 Å². The lowest BCUT2D eigenvalue weighted by Crippen LogP contribution is -2.17. The lowest BCUT2D eigenvalue weighted by atomic mass is 9.99. The molecule has 1 aliphatic rings. The van der Waals surface area contributed by atoms with E-state index in [0.29, 0.717) is 6.54 Å².